The Morgan fingerprint density at radius 2 is 2.07 bits per heavy atom. The molecule has 1 aliphatic heterocycles. The van der Waals surface area contributed by atoms with Gasteiger partial charge in [0.2, 0.25) is 0 Å². The lowest BCUT2D eigenvalue weighted by Gasteiger charge is -2.39. The summed E-state index contributed by atoms with van der Waals surface area (Å²) in [6.07, 6.45) is -1.28. The van der Waals surface area contributed by atoms with Crippen LogP contribution in [0.1, 0.15) is 38.0 Å². The third-order valence-electron chi connectivity index (χ3n) is 4.91. The number of nitrogens with one attached hydrogen (secondary N) is 1. The Hall–Kier alpha value is -2.26. The van der Waals surface area contributed by atoms with Crippen LogP contribution in [0.2, 0.25) is 0 Å². The molecule has 0 amide bonds. The summed E-state index contributed by atoms with van der Waals surface area (Å²) in [6.45, 7) is 1.74. The SMILES string of the molecule is CCOC(=O)C(NC1=CC(=O)CCC1)C(O)C1OC(c2ccccc2)OCC1O. The standard InChI is InChI=1S/C21H27NO7/c1-2-27-20(26)17(22-14-9-6-10-15(23)11-14)18(25)19-16(24)12-28-21(29-19)13-7-4-3-5-8-13/h3-5,7-8,11,16-19,21-22,24-25H,2,6,9-10,12H2,1H3. The van der Waals surface area contributed by atoms with Crippen LogP contribution in [0, 0.1) is 0 Å². The summed E-state index contributed by atoms with van der Waals surface area (Å²) in [6, 6.07) is 7.94. The van der Waals surface area contributed by atoms with Gasteiger partial charge in [-0.1, -0.05) is 30.3 Å². The van der Waals surface area contributed by atoms with Gasteiger partial charge in [-0.25, -0.2) is 4.79 Å². The maximum Gasteiger partial charge on any atom is 0.331 e. The average molecular weight is 405 g/mol. The molecule has 8 heteroatoms. The van der Waals surface area contributed by atoms with E-state index in [1.165, 1.54) is 6.08 Å². The summed E-state index contributed by atoms with van der Waals surface area (Å²) in [5.74, 6) is -0.722. The summed E-state index contributed by atoms with van der Waals surface area (Å²) in [7, 11) is 0. The number of hydrogen-bond donors (Lipinski definition) is 3. The number of allylic oxidation sites excluding steroid dienone is 2. The van der Waals surface area contributed by atoms with Gasteiger partial charge >= 0.3 is 5.97 Å². The highest BCUT2D eigenvalue weighted by Crippen LogP contribution is 2.29. The first-order valence-corrected chi connectivity index (χ1v) is 9.84. The van der Waals surface area contributed by atoms with Crippen LogP contribution in [0.5, 0.6) is 0 Å². The third-order valence-corrected chi connectivity index (χ3v) is 4.91. The van der Waals surface area contributed by atoms with Crippen LogP contribution in [0.4, 0.5) is 0 Å². The number of aliphatic hydroxyl groups is 2. The second kappa shape index (κ2) is 9.98. The van der Waals surface area contributed by atoms with Crippen molar-refractivity contribution in [2.75, 3.05) is 13.2 Å². The van der Waals surface area contributed by atoms with Crippen LogP contribution in [0.25, 0.3) is 0 Å². The summed E-state index contributed by atoms with van der Waals surface area (Å²) in [4.78, 5) is 24.2. The quantitative estimate of drug-likeness (QED) is 0.575. The molecule has 0 saturated carbocycles. The molecule has 1 saturated heterocycles. The molecule has 3 rings (SSSR count). The predicted octanol–water partition coefficient (Wildman–Crippen LogP) is 0.981. The van der Waals surface area contributed by atoms with E-state index < -0.39 is 36.6 Å². The average Bonchev–Trinajstić information content (AvgIpc) is 2.73. The van der Waals surface area contributed by atoms with Crippen molar-refractivity contribution in [2.24, 2.45) is 0 Å². The molecule has 1 aliphatic carbocycles. The molecule has 1 aromatic carbocycles. The van der Waals surface area contributed by atoms with Gasteiger partial charge in [0.15, 0.2) is 18.1 Å². The van der Waals surface area contributed by atoms with Crippen LogP contribution >= 0.6 is 0 Å². The number of hydrogen-bond acceptors (Lipinski definition) is 8. The first-order valence-electron chi connectivity index (χ1n) is 9.84. The Morgan fingerprint density at radius 1 is 1.31 bits per heavy atom. The Balaban J connectivity index is 1.78. The second-order valence-corrected chi connectivity index (χ2v) is 7.10. The number of esters is 1. The van der Waals surface area contributed by atoms with Gasteiger partial charge in [0.1, 0.15) is 18.3 Å². The lowest BCUT2D eigenvalue weighted by atomic mass is 9.97. The van der Waals surface area contributed by atoms with E-state index in [4.69, 9.17) is 14.2 Å². The van der Waals surface area contributed by atoms with E-state index in [1.807, 2.05) is 30.3 Å². The van der Waals surface area contributed by atoms with Crippen molar-refractivity contribution < 1.29 is 34.0 Å². The van der Waals surface area contributed by atoms with Gasteiger partial charge in [-0.3, -0.25) is 4.79 Å². The van der Waals surface area contributed by atoms with Crippen molar-refractivity contribution in [3.8, 4) is 0 Å². The Bertz CT molecular complexity index is 736. The number of ether oxygens (including phenoxy) is 3. The fourth-order valence-electron chi connectivity index (χ4n) is 3.46. The fourth-order valence-corrected chi connectivity index (χ4v) is 3.46. The molecule has 0 bridgehead atoms. The molecule has 0 aromatic heterocycles. The van der Waals surface area contributed by atoms with Crippen LogP contribution < -0.4 is 5.32 Å². The minimum absolute atomic E-state index is 0.0395. The van der Waals surface area contributed by atoms with Crippen molar-refractivity contribution in [3.05, 3.63) is 47.7 Å². The normalized spacial score (nSPS) is 26.9. The Labute approximate surface area is 169 Å². The van der Waals surface area contributed by atoms with Crippen molar-refractivity contribution >= 4 is 11.8 Å². The zero-order valence-electron chi connectivity index (χ0n) is 16.3. The third kappa shape index (κ3) is 5.42. The number of carbonyl (C=O) groups excluding carboxylic acids is 2. The zero-order chi connectivity index (χ0) is 20.8. The number of rotatable bonds is 7. The van der Waals surface area contributed by atoms with Crippen molar-refractivity contribution in [3.63, 3.8) is 0 Å². The Morgan fingerprint density at radius 3 is 2.76 bits per heavy atom. The first kappa shape index (κ1) is 21.4. The van der Waals surface area contributed by atoms with Gasteiger partial charge in [-0.15, -0.1) is 0 Å². The Kier molecular flexibility index (Phi) is 7.38. The molecule has 8 nitrogen and oxygen atoms in total. The molecule has 5 atom stereocenters. The highest BCUT2D eigenvalue weighted by Gasteiger charge is 2.43. The lowest BCUT2D eigenvalue weighted by molar-refractivity contribution is -0.277. The first-order chi connectivity index (χ1) is 14.0. The molecule has 0 spiro atoms. The van der Waals surface area contributed by atoms with Gasteiger partial charge in [0, 0.05) is 23.8 Å². The van der Waals surface area contributed by atoms with Crippen LogP contribution in [0.3, 0.4) is 0 Å². The second-order valence-electron chi connectivity index (χ2n) is 7.10. The van der Waals surface area contributed by atoms with Crippen molar-refractivity contribution in [1.29, 1.82) is 0 Å². The summed E-state index contributed by atoms with van der Waals surface area (Å²) in [5, 5.41) is 24.2. The van der Waals surface area contributed by atoms with Gasteiger partial charge in [0.05, 0.1) is 13.2 Å². The van der Waals surface area contributed by atoms with E-state index in [-0.39, 0.29) is 19.0 Å². The molecule has 1 aromatic rings. The van der Waals surface area contributed by atoms with Gasteiger partial charge in [-0.05, 0) is 19.8 Å². The number of carbonyl (C=O) groups is 2. The van der Waals surface area contributed by atoms with E-state index in [0.717, 1.165) is 5.56 Å². The van der Waals surface area contributed by atoms with E-state index in [0.29, 0.717) is 25.0 Å². The smallest absolute Gasteiger partial charge is 0.331 e. The molecule has 5 unspecified atom stereocenters. The summed E-state index contributed by atoms with van der Waals surface area (Å²) < 4.78 is 16.4. The van der Waals surface area contributed by atoms with Crippen LogP contribution in [-0.2, 0) is 23.8 Å². The van der Waals surface area contributed by atoms with E-state index in [2.05, 4.69) is 5.32 Å². The number of ketones is 1. The highest BCUT2D eigenvalue weighted by atomic mass is 16.7. The zero-order valence-corrected chi connectivity index (χ0v) is 16.3. The molecule has 29 heavy (non-hydrogen) atoms. The monoisotopic (exact) mass is 405 g/mol. The molecule has 3 N–H and O–H groups in total. The molecule has 2 aliphatic rings. The van der Waals surface area contributed by atoms with Crippen molar-refractivity contribution in [1.82, 2.24) is 5.32 Å². The minimum atomic E-state index is -1.42. The van der Waals surface area contributed by atoms with E-state index >= 15 is 0 Å². The fraction of sp³-hybridized carbons (Fsp3) is 0.524. The van der Waals surface area contributed by atoms with Gasteiger partial charge in [-0.2, -0.15) is 0 Å². The highest BCUT2D eigenvalue weighted by molar-refractivity contribution is 5.91. The van der Waals surface area contributed by atoms with E-state index in [1.54, 1.807) is 6.92 Å². The van der Waals surface area contributed by atoms with Crippen LogP contribution in [0.15, 0.2) is 42.1 Å². The van der Waals surface area contributed by atoms with E-state index in [9.17, 15) is 19.8 Å². The minimum Gasteiger partial charge on any atom is -0.464 e. The largest absolute Gasteiger partial charge is 0.464 e. The topological polar surface area (TPSA) is 114 Å². The summed E-state index contributed by atoms with van der Waals surface area (Å²) >= 11 is 0. The maximum absolute atomic E-state index is 12.5. The predicted molar refractivity (Wildman–Crippen MR) is 103 cm³/mol. The number of aliphatic hydroxyl groups excluding tert-OH is 2. The molecule has 0 radical (unpaired) electrons. The van der Waals surface area contributed by atoms with Gasteiger partial charge in [0.25, 0.3) is 0 Å². The molecule has 158 valence electrons. The molecular weight excluding hydrogens is 378 g/mol. The van der Waals surface area contributed by atoms with Crippen LogP contribution in [-0.4, -0.2) is 59.5 Å². The molecular formula is C21H27NO7. The number of benzene rings is 1. The molecule has 1 fully saturated rings. The molecule has 1 heterocycles. The maximum atomic E-state index is 12.5. The van der Waals surface area contributed by atoms with Gasteiger partial charge < -0.3 is 29.7 Å². The summed E-state index contributed by atoms with van der Waals surface area (Å²) in [5.41, 5.74) is 1.29. The lowest BCUT2D eigenvalue weighted by Crippen LogP contribution is -2.58. The van der Waals surface area contributed by atoms with Crippen molar-refractivity contribution in [2.45, 2.75) is 56.8 Å².